The molecule has 0 aliphatic carbocycles. The van der Waals surface area contributed by atoms with Gasteiger partial charge in [0, 0.05) is 12.7 Å². The van der Waals surface area contributed by atoms with Gasteiger partial charge in [-0.2, -0.15) is 4.98 Å². The van der Waals surface area contributed by atoms with Crippen molar-refractivity contribution in [3.63, 3.8) is 0 Å². The minimum absolute atomic E-state index is 0.0435. The maximum absolute atomic E-state index is 10.7. The van der Waals surface area contributed by atoms with Crippen LogP contribution < -0.4 is 4.74 Å². The lowest BCUT2D eigenvalue weighted by Crippen LogP contribution is -2.33. The first-order valence-electron chi connectivity index (χ1n) is 6.17. The number of aromatic carboxylic acids is 1. The highest BCUT2D eigenvalue weighted by Gasteiger charge is 2.10. The molecule has 1 aliphatic rings. The summed E-state index contributed by atoms with van der Waals surface area (Å²) in [5, 5.41) is 8.78. The second-order valence-electron chi connectivity index (χ2n) is 4.28. The summed E-state index contributed by atoms with van der Waals surface area (Å²) in [4.78, 5) is 20.8. The van der Waals surface area contributed by atoms with Crippen molar-refractivity contribution in [3.8, 4) is 6.01 Å². The van der Waals surface area contributed by atoms with E-state index in [4.69, 9.17) is 9.84 Å². The highest BCUT2D eigenvalue weighted by molar-refractivity contribution is 5.85. The predicted molar refractivity (Wildman–Crippen MR) is 64.8 cm³/mol. The molecule has 1 fully saturated rings. The number of hydrogen-bond donors (Lipinski definition) is 1. The fourth-order valence-corrected chi connectivity index (χ4v) is 1.98. The Hall–Kier alpha value is -1.69. The highest BCUT2D eigenvalue weighted by atomic mass is 16.5. The summed E-state index contributed by atoms with van der Waals surface area (Å²) in [6.45, 7) is 3.54. The molecule has 2 rings (SSSR count). The van der Waals surface area contributed by atoms with Crippen LogP contribution in [0.5, 0.6) is 6.01 Å². The molecule has 6 nitrogen and oxygen atoms in total. The Labute approximate surface area is 106 Å². The molecule has 0 atom stereocenters. The largest absolute Gasteiger partial charge is 0.477 e. The molecule has 1 N–H and O–H groups in total. The van der Waals surface area contributed by atoms with Gasteiger partial charge in [-0.1, -0.05) is 6.42 Å². The zero-order chi connectivity index (χ0) is 12.8. The zero-order valence-electron chi connectivity index (χ0n) is 10.2. The number of hydrogen-bond acceptors (Lipinski definition) is 5. The SMILES string of the molecule is O=C(O)c1ccnc(OCCN2CCCCC2)n1. The molecular formula is C12H17N3O3. The van der Waals surface area contributed by atoms with E-state index in [1.165, 1.54) is 31.5 Å². The van der Waals surface area contributed by atoms with Crippen molar-refractivity contribution in [1.82, 2.24) is 14.9 Å². The molecule has 18 heavy (non-hydrogen) atoms. The number of carboxylic acid groups (broad SMARTS) is 1. The molecule has 1 aromatic heterocycles. The predicted octanol–water partition coefficient (Wildman–Crippen LogP) is 1.04. The van der Waals surface area contributed by atoms with Crippen molar-refractivity contribution in [1.29, 1.82) is 0 Å². The zero-order valence-corrected chi connectivity index (χ0v) is 10.2. The molecule has 0 amide bonds. The number of carbonyl (C=O) groups is 1. The molecular weight excluding hydrogens is 234 g/mol. The lowest BCUT2D eigenvalue weighted by atomic mass is 10.1. The van der Waals surface area contributed by atoms with Gasteiger partial charge in [-0.05, 0) is 32.0 Å². The summed E-state index contributed by atoms with van der Waals surface area (Å²) in [5.74, 6) is -1.07. The molecule has 0 radical (unpaired) electrons. The van der Waals surface area contributed by atoms with Crippen LogP contribution in [-0.4, -0.2) is 52.2 Å². The van der Waals surface area contributed by atoms with Crippen molar-refractivity contribution in [2.75, 3.05) is 26.2 Å². The van der Waals surface area contributed by atoms with Crippen LogP contribution in [0.25, 0.3) is 0 Å². The third-order valence-corrected chi connectivity index (χ3v) is 2.94. The van der Waals surface area contributed by atoms with Crippen LogP contribution in [0.15, 0.2) is 12.3 Å². The quantitative estimate of drug-likeness (QED) is 0.842. The average molecular weight is 251 g/mol. The summed E-state index contributed by atoms with van der Waals surface area (Å²) in [7, 11) is 0. The second kappa shape index (κ2) is 6.30. The third kappa shape index (κ3) is 3.66. The Morgan fingerprint density at radius 2 is 2.17 bits per heavy atom. The standard InChI is InChI=1S/C12H17N3O3/c16-11(17)10-4-5-13-12(14-10)18-9-8-15-6-2-1-3-7-15/h4-5H,1-3,6-9H2,(H,16,17). The third-order valence-electron chi connectivity index (χ3n) is 2.94. The Bertz CT molecular complexity index is 405. The van der Waals surface area contributed by atoms with E-state index in [0.717, 1.165) is 19.6 Å². The van der Waals surface area contributed by atoms with E-state index in [2.05, 4.69) is 14.9 Å². The number of carboxylic acids is 1. The molecule has 1 aromatic rings. The van der Waals surface area contributed by atoms with Crippen molar-refractivity contribution in [2.24, 2.45) is 0 Å². The molecule has 0 aromatic carbocycles. The Kier molecular flexibility index (Phi) is 4.46. The normalized spacial score (nSPS) is 16.4. The molecule has 0 saturated carbocycles. The number of likely N-dealkylation sites (tertiary alicyclic amines) is 1. The van der Waals surface area contributed by atoms with Crippen LogP contribution in [-0.2, 0) is 0 Å². The Morgan fingerprint density at radius 1 is 1.39 bits per heavy atom. The summed E-state index contributed by atoms with van der Waals surface area (Å²) in [6.07, 6.45) is 5.18. The monoisotopic (exact) mass is 251 g/mol. The fourth-order valence-electron chi connectivity index (χ4n) is 1.98. The van der Waals surface area contributed by atoms with E-state index in [9.17, 15) is 4.79 Å². The maximum Gasteiger partial charge on any atom is 0.354 e. The first kappa shape index (κ1) is 12.8. The van der Waals surface area contributed by atoms with E-state index in [0.29, 0.717) is 6.61 Å². The fraction of sp³-hybridized carbons (Fsp3) is 0.583. The van der Waals surface area contributed by atoms with Crippen molar-refractivity contribution < 1.29 is 14.6 Å². The van der Waals surface area contributed by atoms with E-state index in [-0.39, 0.29) is 11.7 Å². The lowest BCUT2D eigenvalue weighted by Gasteiger charge is -2.25. The van der Waals surface area contributed by atoms with Gasteiger partial charge in [-0.15, -0.1) is 0 Å². The summed E-state index contributed by atoms with van der Waals surface area (Å²) >= 11 is 0. The van der Waals surface area contributed by atoms with Gasteiger partial charge in [0.2, 0.25) is 0 Å². The number of piperidine rings is 1. The number of aromatic nitrogens is 2. The molecule has 0 unspecified atom stereocenters. The van der Waals surface area contributed by atoms with E-state index in [1.807, 2.05) is 0 Å². The minimum atomic E-state index is -1.07. The molecule has 1 aliphatic heterocycles. The first-order chi connectivity index (χ1) is 8.75. The van der Waals surface area contributed by atoms with Crippen LogP contribution in [0, 0.1) is 0 Å². The van der Waals surface area contributed by atoms with Crippen molar-refractivity contribution in [2.45, 2.75) is 19.3 Å². The Balaban J connectivity index is 1.78. The van der Waals surface area contributed by atoms with Gasteiger partial charge in [0.1, 0.15) is 6.61 Å². The smallest absolute Gasteiger partial charge is 0.354 e. The lowest BCUT2D eigenvalue weighted by molar-refractivity contribution is 0.0688. The molecule has 2 heterocycles. The average Bonchev–Trinajstić information content (AvgIpc) is 2.40. The molecule has 1 saturated heterocycles. The molecule has 6 heteroatoms. The van der Waals surface area contributed by atoms with Crippen molar-refractivity contribution in [3.05, 3.63) is 18.0 Å². The van der Waals surface area contributed by atoms with Gasteiger partial charge in [0.15, 0.2) is 5.69 Å². The second-order valence-corrected chi connectivity index (χ2v) is 4.28. The number of ether oxygens (including phenoxy) is 1. The van der Waals surface area contributed by atoms with Gasteiger partial charge < -0.3 is 9.84 Å². The van der Waals surface area contributed by atoms with Crippen molar-refractivity contribution >= 4 is 5.97 Å². The maximum atomic E-state index is 10.7. The van der Waals surface area contributed by atoms with Crippen LogP contribution in [0.2, 0.25) is 0 Å². The van der Waals surface area contributed by atoms with E-state index < -0.39 is 5.97 Å². The van der Waals surface area contributed by atoms with Gasteiger partial charge >= 0.3 is 12.0 Å². The van der Waals surface area contributed by atoms with Gasteiger partial charge in [0.25, 0.3) is 0 Å². The summed E-state index contributed by atoms with van der Waals surface area (Å²) in [6, 6.07) is 1.48. The summed E-state index contributed by atoms with van der Waals surface area (Å²) < 4.78 is 5.37. The first-order valence-corrected chi connectivity index (χ1v) is 6.17. The molecule has 0 bridgehead atoms. The van der Waals surface area contributed by atoms with Crippen LogP contribution in [0.3, 0.4) is 0 Å². The highest BCUT2D eigenvalue weighted by Crippen LogP contribution is 2.08. The molecule has 98 valence electrons. The number of rotatable bonds is 5. The topological polar surface area (TPSA) is 75.6 Å². The van der Waals surface area contributed by atoms with Crippen LogP contribution >= 0.6 is 0 Å². The van der Waals surface area contributed by atoms with Crippen LogP contribution in [0.4, 0.5) is 0 Å². The van der Waals surface area contributed by atoms with Crippen LogP contribution in [0.1, 0.15) is 29.8 Å². The number of nitrogens with zero attached hydrogens (tertiary/aromatic N) is 3. The van der Waals surface area contributed by atoms with Gasteiger partial charge in [-0.25, -0.2) is 9.78 Å². The van der Waals surface area contributed by atoms with E-state index in [1.54, 1.807) is 0 Å². The van der Waals surface area contributed by atoms with Gasteiger partial charge in [-0.3, -0.25) is 4.90 Å². The van der Waals surface area contributed by atoms with Gasteiger partial charge in [0.05, 0.1) is 0 Å². The minimum Gasteiger partial charge on any atom is -0.477 e. The Morgan fingerprint density at radius 3 is 2.89 bits per heavy atom. The summed E-state index contributed by atoms with van der Waals surface area (Å²) in [5.41, 5.74) is -0.0435. The molecule has 0 spiro atoms. The van der Waals surface area contributed by atoms with E-state index >= 15 is 0 Å².